The van der Waals surface area contributed by atoms with Crippen molar-refractivity contribution in [1.82, 2.24) is 10.2 Å². The monoisotopic (exact) mass is 233 g/mol. The number of amides is 3. The van der Waals surface area contributed by atoms with Crippen molar-refractivity contribution in [3.05, 3.63) is 35.9 Å². The Kier molecular flexibility index (Phi) is 3.39. The number of benzene rings is 1. The van der Waals surface area contributed by atoms with Crippen molar-refractivity contribution in [1.29, 1.82) is 0 Å². The molecule has 3 amide bonds. The zero-order valence-electron chi connectivity index (χ0n) is 9.43. The average molecular weight is 233 g/mol. The van der Waals surface area contributed by atoms with Gasteiger partial charge in [0, 0.05) is 6.54 Å². The van der Waals surface area contributed by atoms with Crippen LogP contribution < -0.4 is 11.1 Å². The second-order valence-electron chi connectivity index (χ2n) is 3.93. The van der Waals surface area contributed by atoms with Crippen molar-refractivity contribution in [2.45, 2.75) is 12.5 Å². The Hall–Kier alpha value is -1.88. The third-order valence-electron chi connectivity index (χ3n) is 2.74. The number of carbonyl (C=O) groups is 2. The number of hydrogen-bond donors (Lipinski definition) is 2. The van der Waals surface area contributed by atoms with Gasteiger partial charge < -0.3 is 11.1 Å². The minimum atomic E-state index is -0.554. The first-order valence-electron chi connectivity index (χ1n) is 5.61. The lowest BCUT2D eigenvalue weighted by Crippen LogP contribution is -2.32. The molecule has 0 bridgehead atoms. The van der Waals surface area contributed by atoms with E-state index in [1.165, 1.54) is 4.90 Å². The number of imide groups is 1. The molecule has 1 aliphatic heterocycles. The number of urea groups is 1. The Morgan fingerprint density at radius 2 is 1.94 bits per heavy atom. The summed E-state index contributed by atoms with van der Waals surface area (Å²) in [5, 5.41) is 2.68. The van der Waals surface area contributed by atoms with Gasteiger partial charge in [0.15, 0.2) is 0 Å². The van der Waals surface area contributed by atoms with Gasteiger partial charge in [-0.3, -0.25) is 9.69 Å². The predicted molar refractivity (Wildman–Crippen MR) is 63.1 cm³/mol. The topological polar surface area (TPSA) is 75.4 Å². The van der Waals surface area contributed by atoms with Crippen LogP contribution in [0, 0.1) is 0 Å². The third-order valence-corrected chi connectivity index (χ3v) is 2.74. The maximum Gasteiger partial charge on any atom is 0.325 e. The van der Waals surface area contributed by atoms with E-state index in [0.29, 0.717) is 19.5 Å². The van der Waals surface area contributed by atoms with Gasteiger partial charge in [-0.1, -0.05) is 30.3 Å². The van der Waals surface area contributed by atoms with Crippen LogP contribution >= 0.6 is 0 Å². The second kappa shape index (κ2) is 4.97. The fourth-order valence-electron chi connectivity index (χ4n) is 1.85. The normalized spacial score (nSPS) is 19.6. The molecule has 1 atom stereocenters. The van der Waals surface area contributed by atoms with Gasteiger partial charge in [0.1, 0.15) is 6.04 Å². The van der Waals surface area contributed by atoms with Gasteiger partial charge in [-0.25, -0.2) is 4.79 Å². The molecule has 3 N–H and O–H groups in total. The summed E-state index contributed by atoms with van der Waals surface area (Å²) in [6, 6.07) is 8.33. The summed E-state index contributed by atoms with van der Waals surface area (Å²) in [6.45, 7) is 0.845. The number of nitrogens with zero attached hydrogens (tertiary/aromatic N) is 1. The Balaban J connectivity index is 2.13. The van der Waals surface area contributed by atoms with Crippen LogP contribution in [0.4, 0.5) is 4.79 Å². The van der Waals surface area contributed by atoms with E-state index >= 15 is 0 Å². The van der Waals surface area contributed by atoms with Gasteiger partial charge in [0.25, 0.3) is 5.91 Å². The quantitative estimate of drug-likeness (QED) is 0.749. The largest absolute Gasteiger partial charge is 0.330 e. The highest BCUT2D eigenvalue weighted by atomic mass is 16.2. The minimum absolute atomic E-state index is 0.199. The molecule has 2 rings (SSSR count). The molecular formula is C12H15N3O2. The van der Waals surface area contributed by atoms with Crippen LogP contribution in [0.5, 0.6) is 0 Å². The van der Waals surface area contributed by atoms with E-state index in [1.54, 1.807) is 0 Å². The van der Waals surface area contributed by atoms with Crippen LogP contribution in [-0.2, 0) is 4.79 Å². The van der Waals surface area contributed by atoms with Crippen molar-refractivity contribution in [2.75, 3.05) is 13.1 Å². The van der Waals surface area contributed by atoms with Gasteiger partial charge in [0.2, 0.25) is 0 Å². The van der Waals surface area contributed by atoms with Gasteiger partial charge in [0.05, 0.1) is 0 Å². The molecule has 1 aromatic carbocycles. The van der Waals surface area contributed by atoms with E-state index in [-0.39, 0.29) is 11.9 Å². The number of nitrogens with one attached hydrogen (secondary N) is 1. The lowest BCUT2D eigenvalue weighted by atomic mass is 10.1. The Bertz CT molecular complexity index is 419. The zero-order chi connectivity index (χ0) is 12.3. The highest BCUT2D eigenvalue weighted by molar-refractivity contribution is 6.04. The van der Waals surface area contributed by atoms with Crippen molar-refractivity contribution in [3.63, 3.8) is 0 Å². The molecule has 0 saturated carbocycles. The Labute approximate surface area is 99.6 Å². The molecule has 0 aliphatic carbocycles. The van der Waals surface area contributed by atoms with E-state index in [4.69, 9.17) is 5.73 Å². The molecule has 90 valence electrons. The highest BCUT2D eigenvalue weighted by Crippen LogP contribution is 2.21. The number of carbonyl (C=O) groups excluding carboxylic acids is 2. The molecule has 0 spiro atoms. The van der Waals surface area contributed by atoms with Gasteiger partial charge in [-0.15, -0.1) is 0 Å². The molecule has 1 fully saturated rings. The van der Waals surface area contributed by atoms with Crippen LogP contribution in [0.15, 0.2) is 30.3 Å². The molecule has 1 saturated heterocycles. The first kappa shape index (κ1) is 11.6. The van der Waals surface area contributed by atoms with E-state index in [0.717, 1.165) is 5.56 Å². The Morgan fingerprint density at radius 3 is 2.59 bits per heavy atom. The van der Waals surface area contributed by atoms with Gasteiger partial charge in [-0.2, -0.15) is 0 Å². The van der Waals surface area contributed by atoms with E-state index < -0.39 is 6.04 Å². The first-order valence-corrected chi connectivity index (χ1v) is 5.61. The molecule has 17 heavy (non-hydrogen) atoms. The van der Waals surface area contributed by atoms with Crippen LogP contribution in [0.2, 0.25) is 0 Å². The number of hydrogen-bond acceptors (Lipinski definition) is 3. The smallest absolute Gasteiger partial charge is 0.325 e. The Morgan fingerprint density at radius 1 is 1.24 bits per heavy atom. The van der Waals surface area contributed by atoms with E-state index in [9.17, 15) is 9.59 Å². The maximum absolute atomic E-state index is 12.0. The molecule has 1 heterocycles. The molecular weight excluding hydrogens is 218 g/mol. The third kappa shape index (κ3) is 2.29. The summed E-state index contributed by atoms with van der Waals surface area (Å²) in [4.78, 5) is 24.9. The molecule has 1 unspecified atom stereocenters. The average Bonchev–Trinajstić information content (AvgIpc) is 2.64. The summed E-state index contributed by atoms with van der Waals surface area (Å²) in [5.74, 6) is -0.199. The summed E-state index contributed by atoms with van der Waals surface area (Å²) in [5.41, 5.74) is 6.18. The van der Waals surface area contributed by atoms with Crippen LogP contribution in [-0.4, -0.2) is 29.9 Å². The van der Waals surface area contributed by atoms with Crippen LogP contribution in [0.3, 0.4) is 0 Å². The van der Waals surface area contributed by atoms with E-state index in [1.807, 2.05) is 30.3 Å². The fraction of sp³-hybridized carbons (Fsp3) is 0.333. The second-order valence-corrected chi connectivity index (χ2v) is 3.93. The first-order chi connectivity index (χ1) is 8.24. The number of nitrogens with two attached hydrogens (primary N) is 1. The summed E-state index contributed by atoms with van der Waals surface area (Å²) < 4.78 is 0. The zero-order valence-corrected chi connectivity index (χ0v) is 9.43. The molecule has 0 radical (unpaired) electrons. The maximum atomic E-state index is 12.0. The van der Waals surface area contributed by atoms with Gasteiger partial charge >= 0.3 is 6.03 Å². The lowest BCUT2D eigenvalue weighted by Gasteiger charge is -2.12. The molecule has 0 aromatic heterocycles. The lowest BCUT2D eigenvalue weighted by molar-refractivity contribution is -0.127. The molecule has 1 aromatic rings. The molecule has 1 aliphatic rings. The summed E-state index contributed by atoms with van der Waals surface area (Å²) in [6.07, 6.45) is 0.626. The SMILES string of the molecule is NCCCN1C(=O)NC(c2ccccc2)C1=O. The van der Waals surface area contributed by atoms with E-state index in [2.05, 4.69) is 5.32 Å². The van der Waals surface area contributed by atoms with Crippen molar-refractivity contribution in [3.8, 4) is 0 Å². The van der Waals surface area contributed by atoms with Crippen molar-refractivity contribution < 1.29 is 9.59 Å². The predicted octanol–water partition coefficient (Wildman–Crippen LogP) is 0.628. The number of rotatable bonds is 4. The standard InChI is InChI=1S/C12H15N3O2/c13-7-4-8-15-11(16)10(14-12(15)17)9-5-2-1-3-6-9/h1-3,5-6,10H,4,7-8,13H2,(H,14,17). The molecule has 5 heteroatoms. The van der Waals surface area contributed by atoms with Crippen molar-refractivity contribution in [2.24, 2.45) is 5.73 Å². The highest BCUT2D eigenvalue weighted by Gasteiger charge is 2.38. The van der Waals surface area contributed by atoms with Crippen LogP contribution in [0.25, 0.3) is 0 Å². The van der Waals surface area contributed by atoms with Crippen LogP contribution in [0.1, 0.15) is 18.0 Å². The van der Waals surface area contributed by atoms with Gasteiger partial charge in [-0.05, 0) is 18.5 Å². The molecule has 5 nitrogen and oxygen atoms in total. The fourth-order valence-corrected chi connectivity index (χ4v) is 1.85. The summed E-state index contributed by atoms with van der Waals surface area (Å²) in [7, 11) is 0. The minimum Gasteiger partial charge on any atom is -0.330 e. The summed E-state index contributed by atoms with van der Waals surface area (Å²) >= 11 is 0. The van der Waals surface area contributed by atoms with Crippen molar-refractivity contribution >= 4 is 11.9 Å².